The zero-order chi connectivity index (χ0) is 17.2. The number of pyridine rings is 2. The maximum absolute atomic E-state index is 13.8. The van der Waals surface area contributed by atoms with Gasteiger partial charge in [0, 0.05) is 25.1 Å². The van der Waals surface area contributed by atoms with E-state index in [9.17, 15) is 9.18 Å². The van der Waals surface area contributed by atoms with Crippen LogP contribution in [0.15, 0.2) is 42.9 Å². The van der Waals surface area contributed by atoms with Crippen LogP contribution in [0.1, 0.15) is 23.2 Å². The Labute approximate surface area is 144 Å². The quantitative estimate of drug-likeness (QED) is 0.854. The third-order valence-electron chi connectivity index (χ3n) is 4.69. The lowest BCUT2D eigenvalue weighted by atomic mass is 10.1. The van der Waals surface area contributed by atoms with Crippen LogP contribution in [0, 0.1) is 5.82 Å². The third-order valence-corrected chi connectivity index (χ3v) is 4.69. The molecule has 0 unspecified atom stereocenters. The summed E-state index contributed by atoms with van der Waals surface area (Å²) in [4.78, 5) is 22.6. The molecule has 0 spiro atoms. The Hall–Kier alpha value is -2.54. The molecule has 1 saturated carbocycles. The largest absolute Gasteiger partial charge is 0.469 e. The number of hydrogen-bond acceptors (Lipinski definition) is 5. The smallest absolute Gasteiger partial charge is 0.255 e. The van der Waals surface area contributed by atoms with Crippen LogP contribution in [-0.2, 0) is 4.74 Å². The lowest BCUT2D eigenvalue weighted by Crippen LogP contribution is -2.54. The van der Waals surface area contributed by atoms with Crippen molar-refractivity contribution in [1.82, 2.24) is 14.9 Å². The average Bonchev–Trinajstić information content (AvgIpc) is 3.07. The summed E-state index contributed by atoms with van der Waals surface area (Å²) in [5, 5.41) is 0. The summed E-state index contributed by atoms with van der Waals surface area (Å²) < 4.78 is 25.4. The van der Waals surface area contributed by atoms with Gasteiger partial charge in [0.25, 0.3) is 11.8 Å². The van der Waals surface area contributed by atoms with Gasteiger partial charge in [0.1, 0.15) is 12.2 Å². The van der Waals surface area contributed by atoms with Gasteiger partial charge in [0.2, 0.25) is 0 Å². The maximum atomic E-state index is 13.8. The van der Waals surface area contributed by atoms with Crippen LogP contribution in [-0.4, -0.2) is 52.2 Å². The van der Waals surface area contributed by atoms with Crippen LogP contribution in [0.4, 0.5) is 4.39 Å². The first kappa shape index (κ1) is 16.0. The summed E-state index contributed by atoms with van der Waals surface area (Å²) in [6.07, 6.45) is 5.52. The zero-order valence-electron chi connectivity index (χ0n) is 13.5. The van der Waals surface area contributed by atoms with Gasteiger partial charge in [-0.1, -0.05) is 0 Å². The molecule has 0 radical (unpaired) electrons. The fraction of sp³-hybridized carbons (Fsp3) is 0.389. The number of amides is 1. The number of halogens is 1. The van der Waals surface area contributed by atoms with Gasteiger partial charge in [-0.15, -0.1) is 0 Å². The number of fused-ring (bicyclic) bond motifs is 1. The molecule has 0 aromatic carbocycles. The number of carbonyl (C=O) groups is 1. The molecule has 2 aromatic heterocycles. The SMILES string of the molecule is O=C(c1cccnc1)N1CCO[C@@H]2[C@@H](Oc3ncccc3F)CC[C@H]21. The molecule has 1 amide bonds. The van der Waals surface area contributed by atoms with E-state index in [4.69, 9.17) is 9.47 Å². The van der Waals surface area contributed by atoms with Crippen molar-refractivity contribution in [2.45, 2.75) is 31.1 Å². The van der Waals surface area contributed by atoms with E-state index in [1.807, 2.05) is 4.90 Å². The monoisotopic (exact) mass is 343 g/mol. The Morgan fingerprint density at radius 1 is 1.28 bits per heavy atom. The van der Waals surface area contributed by atoms with Crippen molar-refractivity contribution in [1.29, 1.82) is 0 Å². The number of hydrogen-bond donors (Lipinski definition) is 0. The second kappa shape index (κ2) is 6.76. The minimum Gasteiger partial charge on any atom is -0.469 e. The second-order valence-electron chi connectivity index (χ2n) is 6.17. The molecule has 1 aliphatic heterocycles. The molecule has 130 valence electrons. The first-order valence-electron chi connectivity index (χ1n) is 8.34. The summed E-state index contributed by atoms with van der Waals surface area (Å²) in [7, 11) is 0. The van der Waals surface area contributed by atoms with E-state index in [1.165, 1.54) is 18.3 Å². The summed E-state index contributed by atoms with van der Waals surface area (Å²) >= 11 is 0. The van der Waals surface area contributed by atoms with Crippen molar-refractivity contribution >= 4 is 5.91 Å². The van der Waals surface area contributed by atoms with E-state index in [0.29, 0.717) is 25.1 Å². The highest BCUT2D eigenvalue weighted by Gasteiger charge is 2.46. The van der Waals surface area contributed by atoms with E-state index in [2.05, 4.69) is 9.97 Å². The molecule has 0 N–H and O–H groups in total. The fourth-order valence-corrected chi connectivity index (χ4v) is 3.55. The zero-order valence-corrected chi connectivity index (χ0v) is 13.5. The topological polar surface area (TPSA) is 64.6 Å². The fourth-order valence-electron chi connectivity index (χ4n) is 3.55. The lowest BCUT2D eigenvalue weighted by Gasteiger charge is -2.38. The van der Waals surface area contributed by atoms with Crippen molar-refractivity contribution in [2.75, 3.05) is 13.2 Å². The highest BCUT2D eigenvalue weighted by Crippen LogP contribution is 2.33. The molecule has 3 atom stereocenters. The summed E-state index contributed by atoms with van der Waals surface area (Å²) in [6.45, 7) is 0.956. The van der Waals surface area contributed by atoms with Crippen molar-refractivity contribution < 1.29 is 18.7 Å². The second-order valence-corrected chi connectivity index (χ2v) is 6.17. The van der Waals surface area contributed by atoms with E-state index in [0.717, 1.165) is 6.42 Å². The van der Waals surface area contributed by atoms with Crippen LogP contribution in [0.5, 0.6) is 5.88 Å². The number of carbonyl (C=O) groups excluding carboxylic acids is 1. The standard InChI is InChI=1S/C18H18FN3O3/c19-13-4-2-8-21-17(13)25-15-6-5-14-16(15)24-10-9-22(14)18(23)12-3-1-7-20-11-12/h1-4,7-8,11,14-16H,5-6,9-10H2/t14-,15+,16+/m1/s1. The molecular formula is C18H18FN3O3. The Morgan fingerprint density at radius 3 is 2.96 bits per heavy atom. The molecular weight excluding hydrogens is 325 g/mol. The Bertz CT molecular complexity index is 758. The van der Waals surface area contributed by atoms with Crippen molar-refractivity contribution in [3.63, 3.8) is 0 Å². The first-order chi connectivity index (χ1) is 12.2. The van der Waals surface area contributed by atoms with E-state index in [-0.39, 0.29) is 30.0 Å². The minimum absolute atomic E-state index is 0.0209. The predicted octanol–water partition coefficient (Wildman–Crippen LogP) is 2.07. The number of aromatic nitrogens is 2. The number of rotatable bonds is 3. The van der Waals surface area contributed by atoms with E-state index >= 15 is 0 Å². The molecule has 2 fully saturated rings. The van der Waals surface area contributed by atoms with Gasteiger partial charge in [-0.25, -0.2) is 9.37 Å². The molecule has 3 heterocycles. The van der Waals surface area contributed by atoms with Crippen LogP contribution in [0.2, 0.25) is 0 Å². The van der Waals surface area contributed by atoms with Gasteiger partial charge >= 0.3 is 0 Å². The minimum atomic E-state index is -0.495. The molecule has 25 heavy (non-hydrogen) atoms. The number of nitrogens with zero attached hydrogens (tertiary/aromatic N) is 3. The van der Waals surface area contributed by atoms with E-state index in [1.54, 1.807) is 24.5 Å². The Balaban J connectivity index is 1.51. The molecule has 0 bridgehead atoms. The third kappa shape index (κ3) is 3.07. The van der Waals surface area contributed by atoms with Gasteiger partial charge in [-0.05, 0) is 37.1 Å². The van der Waals surface area contributed by atoms with Crippen molar-refractivity contribution in [3.8, 4) is 5.88 Å². The van der Waals surface area contributed by atoms with Crippen molar-refractivity contribution in [2.24, 2.45) is 0 Å². The molecule has 2 aliphatic rings. The van der Waals surface area contributed by atoms with Crippen LogP contribution >= 0.6 is 0 Å². The van der Waals surface area contributed by atoms with Gasteiger partial charge in [-0.2, -0.15) is 0 Å². The summed E-state index contributed by atoms with van der Waals surface area (Å²) in [6, 6.07) is 6.25. The van der Waals surface area contributed by atoms with Crippen molar-refractivity contribution in [3.05, 3.63) is 54.2 Å². The van der Waals surface area contributed by atoms with Gasteiger partial charge in [-0.3, -0.25) is 9.78 Å². The highest BCUT2D eigenvalue weighted by atomic mass is 19.1. The van der Waals surface area contributed by atoms with Gasteiger partial charge in [0.15, 0.2) is 5.82 Å². The Morgan fingerprint density at radius 2 is 2.16 bits per heavy atom. The first-order valence-corrected chi connectivity index (χ1v) is 8.34. The summed E-state index contributed by atoms with van der Waals surface area (Å²) in [5.74, 6) is -0.575. The van der Waals surface area contributed by atoms with Gasteiger partial charge < -0.3 is 14.4 Å². The van der Waals surface area contributed by atoms with Gasteiger partial charge in [0.05, 0.1) is 18.2 Å². The van der Waals surface area contributed by atoms with E-state index < -0.39 is 5.82 Å². The molecule has 1 aliphatic carbocycles. The molecule has 4 rings (SSSR count). The average molecular weight is 343 g/mol. The van der Waals surface area contributed by atoms with Crippen LogP contribution < -0.4 is 4.74 Å². The molecule has 7 heteroatoms. The lowest BCUT2D eigenvalue weighted by molar-refractivity contribution is -0.0799. The van der Waals surface area contributed by atoms with Crippen LogP contribution in [0.25, 0.3) is 0 Å². The Kier molecular flexibility index (Phi) is 4.31. The normalized spacial score (nSPS) is 25.5. The number of morpholine rings is 1. The summed E-state index contributed by atoms with van der Waals surface area (Å²) in [5.41, 5.74) is 0.559. The van der Waals surface area contributed by atoms with Crippen LogP contribution in [0.3, 0.4) is 0 Å². The molecule has 2 aromatic rings. The predicted molar refractivity (Wildman–Crippen MR) is 86.6 cm³/mol. The maximum Gasteiger partial charge on any atom is 0.255 e. The number of ether oxygens (including phenoxy) is 2. The molecule has 1 saturated heterocycles. The highest BCUT2D eigenvalue weighted by molar-refractivity contribution is 5.94. The molecule has 6 nitrogen and oxygen atoms in total.